The van der Waals surface area contributed by atoms with E-state index in [1.165, 1.54) is 0 Å². The monoisotopic (exact) mass is 525 g/mol. The Labute approximate surface area is 227 Å². The molecular weight excluding hydrogens is 494 g/mol. The number of carbonyl (C=O) groups is 1. The molecule has 1 fully saturated rings. The van der Waals surface area contributed by atoms with Gasteiger partial charge in [0.25, 0.3) is 0 Å². The predicted molar refractivity (Wildman–Crippen MR) is 144 cm³/mol. The second kappa shape index (κ2) is 12.5. The highest BCUT2D eigenvalue weighted by molar-refractivity contribution is 5.73. The summed E-state index contributed by atoms with van der Waals surface area (Å²) in [6, 6.07) is 13.5. The second-order valence-corrected chi connectivity index (χ2v) is 9.50. The molecule has 9 nitrogen and oxygen atoms in total. The molecule has 1 aromatic carbocycles. The van der Waals surface area contributed by atoms with Crippen molar-refractivity contribution >= 4 is 5.91 Å². The molecule has 1 unspecified atom stereocenters. The molecule has 0 saturated carbocycles. The predicted octanol–water partition coefficient (Wildman–Crippen LogP) is 4.40. The van der Waals surface area contributed by atoms with Gasteiger partial charge in [-0.25, -0.2) is 4.98 Å². The minimum atomic E-state index is -0.335. The van der Waals surface area contributed by atoms with Crippen LogP contribution in [0.4, 0.5) is 0 Å². The molecule has 2 atom stereocenters. The van der Waals surface area contributed by atoms with Crippen LogP contribution in [0.25, 0.3) is 11.3 Å². The summed E-state index contributed by atoms with van der Waals surface area (Å²) in [7, 11) is 0. The zero-order valence-electron chi connectivity index (χ0n) is 21.9. The van der Waals surface area contributed by atoms with Gasteiger partial charge in [0.05, 0.1) is 6.54 Å². The van der Waals surface area contributed by atoms with Crippen LogP contribution in [0, 0.1) is 11.8 Å². The van der Waals surface area contributed by atoms with Crippen LogP contribution in [0.3, 0.4) is 0 Å². The molecule has 1 aliphatic heterocycles. The van der Waals surface area contributed by atoms with Crippen molar-refractivity contribution in [2.45, 2.75) is 58.0 Å². The van der Waals surface area contributed by atoms with Crippen molar-refractivity contribution in [2.75, 3.05) is 6.61 Å². The van der Waals surface area contributed by atoms with Crippen molar-refractivity contribution < 1.29 is 18.8 Å². The number of carbonyl (C=O) groups excluding carboxylic acids is 1. The van der Waals surface area contributed by atoms with Gasteiger partial charge in [-0.3, -0.25) is 9.78 Å². The van der Waals surface area contributed by atoms with Crippen molar-refractivity contribution in [3.05, 3.63) is 89.4 Å². The highest BCUT2D eigenvalue weighted by atomic mass is 16.7. The number of ether oxygens (including phenoxy) is 2. The van der Waals surface area contributed by atoms with E-state index in [4.69, 9.17) is 19.7 Å². The van der Waals surface area contributed by atoms with Gasteiger partial charge in [-0.2, -0.15) is 0 Å². The van der Waals surface area contributed by atoms with Gasteiger partial charge in [0.15, 0.2) is 12.1 Å². The van der Waals surface area contributed by atoms with Crippen LogP contribution in [0.5, 0.6) is 0 Å². The lowest BCUT2D eigenvalue weighted by molar-refractivity contribution is -0.188. The third kappa shape index (κ3) is 7.19. The number of rotatable bonds is 9. The topological polar surface area (TPSA) is 118 Å². The Bertz CT molecular complexity index is 1440. The summed E-state index contributed by atoms with van der Waals surface area (Å²) < 4.78 is 19.5. The fourth-order valence-electron chi connectivity index (χ4n) is 4.38. The SMILES string of the molecule is C[C@H](OC1CCCCO1)c1nccn1Cc1cc(-c2ccc(C#Cc3ccc(CCC(N)=O)nc3)cc2)on1. The van der Waals surface area contributed by atoms with Crippen LogP contribution < -0.4 is 5.73 Å². The molecule has 5 rings (SSSR count). The Morgan fingerprint density at radius 2 is 1.95 bits per heavy atom. The van der Waals surface area contributed by atoms with Crippen molar-refractivity contribution in [1.82, 2.24) is 19.7 Å². The molecule has 39 heavy (non-hydrogen) atoms. The summed E-state index contributed by atoms with van der Waals surface area (Å²) in [6.07, 6.45) is 8.94. The summed E-state index contributed by atoms with van der Waals surface area (Å²) in [6.45, 7) is 3.26. The number of hydrogen-bond acceptors (Lipinski definition) is 7. The van der Waals surface area contributed by atoms with E-state index in [2.05, 4.69) is 27.0 Å². The molecule has 0 bridgehead atoms. The molecule has 1 saturated heterocycles. The summed E-state index contributed by atoms with van der Waals surface area (Å²) in [5.41, 5.74) is 9.38. The lowest BCUT2D eigenvalue weighted by Gasteiger charge is -2.26. The quantitative estimate of drug-likeness (QED) is 0.322. The summed E-state index contributed by atoms with van der Waals surface area (Å²) >= 11 is 0. The van der Waals surface area contributed by atoms with E-state index in [0.29, 0.717) is 18.7 Å². The highest BCUT2D eigenvalue weighted by Gasteiger charge is 2.21. The number of nitrogens with two attached hydrogens (primary N) is 1. The van der Waals surface area contributed by atoms with Gasteiger partial charge >= 0.3 is 0 Å². The number of aryl methyl sites for hydroxylation is 1. The van der Waals surface area contributed by atoms with E-state index < -0.39 is 0 Å². The van der Waals surface area contributed by atoms with E-state index in [1.54, 1.807) is 12.4 Å². The lowest BCUT2D eigenvalue weighted by Crippen LogP contribution is -2.24. The fraction of sp³-hybridized carbons (Fsp3) is 0.333. The summed E-state index contributed by atoms with van der Waals surface area (Å²) in [5, 5.41) is 4.26. The average Bonchev–Trinajstić information content (AvgIpc) is 3.62. The third-order valence-electron chi connectivity index (χ3n) is 6.47. The first kappa shape index (κ1) is 26.4. The Hall–Kier alpha value is -4.26. The number of primary amides is 1. The summed E-state index contributed by atoms with van der Waals surface area (Å²) in [5.74, 6) is 7.44. The van der Waals surface area contributed by atoms with Gasteiger partial charge in [0, 0.05) is 60.1 Å². The molecule has 1 aliphatic rings. The number of imidazole rings is 1. The minimum Gasteiger partial charge on any atom is -0.370 e. The van der Waals surface area contributed by atoms with Gasteiger partial charge in [0.1, 0.15) is 17.6 Å². The molecule has 4 aromatic rings. The molecule has 4 heterocycles. The van der Waals surface area contributed by atoms with Gasteiger partial charge in [0.2, 0.25) is 5.91 Å². The third-order valence-corrected chi connectivity index (χ3v) is 6.47. The van der Waals surface area contributed by atoms with Crippen LogP contribution in [0.2, 0.25) is 0 Å². The summed E-state index contributed by atoms with van der Waals surface area (Å²) in [4.78, 5) is 19.8. The van der Waals surface area contributed by atoms with E-state index in [9.17, 15) is 4.79 Å². The molecule has 0 aliphatic carbocycles. The number of benzene rings is 1. The highest BCUT2D eigenvalue weighted by Crippen LogP contribution is 2.25. The van der Waals surface area contributed by atoms with Crippen LogP contribution >= 0.6 is 0 Å². The maximum atomic E-state index is 10.9. The van der Waals surface area contributed by atoms with E-state index in [0.717, 1.165) is 59.8 Å². The Morgan fingerprint density at radius 3 is 2.69 bits per heavy atom. The number of hydrogen-bond donors (Lipinski definition) is 1. The molecule has 0 radical (unpaired) electrons. The van der Waals surface area contributed by atoms with Crippen LogP contribution in [0.15, 0.2) is 65.6 Å². The zero-order valence-corrected chi connectivity index (χ0v) is 21.9. The Morgan fingerprint density at radius 1 is 1.13 bits per heavy atom. The van der Waals surface area contributed by atoms with Crippen molar-refractivity contribution in [3.8, 4) is 23.2 Å². The van der Waals surface area contributed by atoms with E-state index in [-0.39, 0.29) is 24.7 Å². The number of pyridine rings is 1. The smallest absolute Gasteiger partial charge is 0.217 e. The van der Waals surface area contributed by atoms with E-state index >= 15 is 0 Å². The Kier molecular flexibility index (Phi) is 8.46. The molecule has 0 spiro atoms. The minimum absolute atomic E-state index is 0.179. The molecule has 3 aromatic heterocycles. The van der Waals surface area contributed by atoms with Gasteiger partial charge < -0.3 is 24.3 Å². The first-order chi connectivity index (χ1) is 19.0. The molecular formula is C30H31N5O4. The Balaban J connectivity index is 1.19. The fourth-order valence-corrected chi connectivity index (χ4v) is 4.38. The van der Waals surface area contributed by atoms with Crippen molar-refractivity contribution in [2.24, 2.45) is 5.73 Å². The first-order valence-electron chi connectivity index (χ1n) is 13.1. The van der Waals surface area contributed by atoms with Crippen molar-refractivity contribution in [3.63, 3.8) is 0 Å². The average molecular weight is 526 g/mol. The second-order valence-electron chi connectivity index (χ2n) is 9.50. The van der Waals surface area contributed by atoms with Crippen LogP contribution in [-0.2, 0) is 27.2 Å². The van der Waals surface area contributed by atoms with Crippen molar-refractivity contribution in [1.29, 1.82) is 0 Å². The molecule has 200 valence electrons. The maximum absolute atomic E-state index is 10.9. The number of nitrogens with zero attached hydrogens (tertiary/aromatic N) is 4. The largest absolute Gasteiger partial charge is 0.370 e. The lowest BCUT2D eigenvalue weighted by atomic mass is 10.1. The normalized spacial score (nSPS) is 15.9. The van der Waals surface area contributed by atoms with Gasteiger partial charge in [-0.05, 0) is 69.0 Å². The first-order valence-corrected chi connectivity index (χ1v) is 13.1. The maximum Gasteiger partial charge on any atom is 0.217 e. The van der Waals surface area contributed by atoms with E-state index in [1.807, 2.05) is 60.2 Å². The van der Waals surface area contributed by atoms with Crippen LogP contribution in [0.1, 0.15) is 67.1 Å². The molecule has 2 N–H and O–H groups in total. The van der Waals surface area contributed by atoms with Crippen LogP contribution in [-0.4, -0.2) is 38.5 Å². The van der Waals surface area contributed by atoms with Gasteiger partial charge in [-0.1, -0.05) is 17.0 Å². The zero-order chi connectivity index (χ0) is 27.0. The number of aromatic nitrogens is 4. The number of amides is 1. The molecule has 1 amide bonds. The standard InChI is InChI=1S/C30H31N5O4/c1-21(38-29-4-2-3-17-37-29)30-32-15-16-35(30)20-26-18-27(39-34-26)24-10-7-22(8-11-24)5-6-23-9-12-25(33-19-23)13-14-28(31)36/h7-12,15-16,18-19,21,29H,2-4,13-14,17,20H2,1H3,(H2,31,36)/t21-,29?/m0/s1. The molecule has 9 heteroatoms. The van der Waals surface area contributed by atoms with Gasteiger partial charge in [-0.15, -0.1) is 0 Å².